The van der Waals surface area contributed by atoms with Crippen LogP contribution in [0.5, 0.6) is 5.75 Å². The second-order valence-corrected chi connectivity index (χ2v) is 3.15. The second kappa shape index (κ2) is 4.97. The summed E-state index contributed by atoms with van der Waals surface area (Å²) >= 11 is 0. The van der Waals surface area contributed by atoms with Crippen molar-refractivity contribution in [3.05, 3.63) is 35.4 Å². The summed E-state index contributed by atoms with van der Waals surface area (Å²) in [5.41, 5.74) is 5.37. The third kappa shape index (κ3) is 3.13. The first-order valence-electron chi connectivity index (χ1n) is 4.52. The van der Waals surface area contributed by atoms with Crippen LogP contribution in [0.4, 0.5) is 0 Å². The number of carbonyl (C=O) groups excluding carboxylic acids is 1. The Morgan fingerprint density at radius 3 is 2.56 bits per heavy atom. The molecule has 0 radical (unpaired) electrons. The molecule has 0 fully saturated rings. The molecule has 1 aromatic rings. The van der Waals surface area contributed by atoms with Crippen LogP contribution in [-0.4, -0.2) is 22.1 Å². The minimum Gasteiger partial charge on any atom is -0.507 e. The topological polar surface area (TPSA) is 101 Å². The van der Waals surface area contributed by atoms with E-state index >= 15 is 0 Å². The fraction of sp³-hybridized carbons (Fsp3) is 0.0909. The lowest BCUT2D eigenvalue weighted by molar-refractivity contribution is -0.117. The lowest BCUT2D eigenvalue weighted by Crippen LogP contribution is -2.07. The van der Waals surface area contributed by atoms with Gasteiger partial charge >= 0.3 is 5.97 Å². The van der Waals surface area contributed by atoms with Gasteiger partial charge in [-0.15, -0.1) is 0 Å². The molecule has 0 aliphatic rings. The van der Waals surface area contributed by atoms with E-state index in [9.17, 15) is 14.7 Å². The van der Waals surface area contributed by atoms with Gasteiger partial charge in [-0.3, -0.25) is 4.79 Å². The molecule has 0 aliphatic carbocycles. The van der Waals surface area contributed by atoms with E-state index in [1.165, 1.54) is 24.3 Å². The number of amides is 1. The monoisotopic (exact) mass is 221 g/mol. The van der Waals surface area contributed by atoms with Crippen molar-refractivity contribution in [1.29, 1.82) is 0 Å². The van der Waals surface area contributed by atoms with Gasteiger partial charge in [0.1, 0.15) is 5.75 Å². The summed E-state index contributed by atoms with van der Waals surface area (Å²) in [7, 11) is 0. The van der Waals surface area contributed by atoms with Crippen LogP contribution >= 0.6 is 0 Å². The smallest absolute Gasteiger partial charge is 0.335 e. The molecule has 1 rings (SSSR count). The molecule has 0 saturated carbocycles. The Kier molecular flexibility index (Phi) is 3.66. The summed E-state index contributed by atoms with van der Waals surface area (Å²) in [4.78, 5) is 21.0. The largest absolute Gasteiger partial charge is 0.507 e. The first-order valence-corrected chi connectivity index (χ1v) is 4.52. The van der Waals surface area contributed by atoms with E-state index in [0.29, 0.717) is 5.56 Å². The first-order chi connectivity index (χ1) is 7.50. The average molecular weight is 221 g/mol. The highest BCUT2D eigenvalue weighted by Gasteiger charge is 2.05. The Bertz CT molecular complexity index is 451. The summed E-state index contributed by atoms with van der Waals surface area (Å²) in [6, 6.07) is 3.97. The Hall–Kier alpha value is -2.30. The van der Waals surface area contributed by atoms with Crippen LogP contribution in [0.3, 0.4) is 0 Å². The summed E-state index contributed by atoms with van der Waals surface area (Å²) in [5.74, 6) is -1.73. The molecule has 0 spiro atoms. The van der Waals surface area contributed by atoms with Gasteiger partial charge in [0.05, 0.1) is 5.56 Å². The number of hydrogen-bond donors (Lipinski definition) is 3. The highest BCUT2D eigenvalue weighted by molar-refractivity contribution is 5.88. The molecule has 1 aromatic carbocycles. The molecule has 0 saturated heterocycles. The fourth-order valence-electron chi connectivity index (χ4n) is 1.12. The zero-order chi connectivity index (χ0) is 12.1. The molecule has 1 amide bonds. The number of nitrogens with two attached hydrogens (primary N) is 1. The Balaban J connectivity index is 2.87. The lowest BCUT2D eigenvalue weighted by atomic mass is 10.1. The van der Waals surface area contributed by atoms with Crippen LogP contribution in [0.1, 0.15) is 22.3 Å². The Morgan fingerprint density at radius 2 is 2.06 bits per heavy atom. The number of phenolic OH excluding ortho intramolecular Hbond substituents is 1. The lowest BCUT2D eigenvalue weighted by Gasteiger charge is -2.00. The highest BCUT2D eigenvalue weighted by Crippen LogP contribution is 2.20. The van der Waals surface area contributed by atoms with Crippen molar-refractivity contribution in [2.24, 2.45) is 5.73 Å². The number of primary amides is 1. The predicted molar refractivity (Wildman–Crippen MR) is 57.9 cm³/mol. The van der Waals surface area contributed by atoms with Gasteiger partial charge in [0, 0.05) is 12.0 Å². The maximum Gasteiger partial charge on any atom is 0.335 e. The number of carboxylic acids is 1. The fourth-order valence-corrected chi connectivity index (χ4v) is 1.12. The van der Waals surface area contributed by atoms with Gasteiger partial charge in [-0.2, -0.15) is 0 Å². The van der Waals surface area contributed by atoms with Gasteiger partial charge in [0.15, 0.2) is 0 Å². The third-order valence-corrected chi connectivity index (χ3v) is 1.89. The quantitative estimate of drug-likeness (QED) is 0.705. The molecule has 0 bridgehead atoms. The van der Waals surface area contributed by atoms with Gasteiger partial charge in [-0.25, -0.2) is 4.79 Å². The Labute approximate surface area is 91.8 Å². The summed E-state index contributed by atoms with van der Waals surface area (Å²) in [5, 5.41) is 18.1. The molecule has 16 heavy (non-hydrogen) atoms. The third-order valence-electron chi connectivity index (χ3n) is 1.89. The second-order valence-electron chi connectivity index (χ2n) is 3.15. The van der Waals surface area contributed by atoms with Crippen LogP contribution in [-0.2, 0) is 4.79 Å². The van der Waals surface area contributed by atoms with Gasteiger partial charge in [0.25, 0.3) is 0 Å². The molecule has 0 unspecified atom stereocenters. The van der Waals surface area contributed by atoms with E-state index in [0.717, 1.165) is 6.07 Å². The normalized spacial score (nSPS) is 10.5. The molecule has 4 N–H and O–H groups in total. The number of benzene rings is 1. The van der Waals surface area contributed by atoms with E-state index < -0.39 is 11.9 Å². The summed E-state index contributed by atoms with van der Waals surface area (Å²) in [6.07, 6.45) is 3.07. The number of aromatic carboxylic acids is 1. The maximum absolute atomic E-state index is 10.6. The SMILES string of the molecule is NC(=O)CC=Cc1ccc(C(=O)O)cc1O. The molecule has 84 valence electrons. The summed E-state index contributed by atoms with van der Waals surface area (Å²) < 4.78 is 0. The number of hydrogen-bond acceptors (Lipinski definition) is 3. The van der Waals surface area contributed by atoms with Gasteiger partial charge in [-0.05, 0) is 12.1 Å². The van der Waals surface area contributed by atoms with E-state index in [1.54, 1.807) is 0 Å². The number of carboxylic acid groups (broad SMARTS) is 1. The highest BCUT2D eigenvalue weighted by atomic mass is 16.4. The van der Waals surface area contributed by atoms with E-state index in [2.05, 4.69) is 0 Å². The molecule has 0 atom stereocenters. The average Bonchev–Trinajstić information content (AvgIpc) is 2.19. The number of carbonyl (C=O) groups is 2. The zero-order valence-corrected chi connectivity index (χ0v) is 8.38. The van der Waals surface area contributed by atoms with Gasteiger partial charge < -0.3 is 15.9 Å². The molecule has 5 nitrogen and oxygen atoms in total. The molecule has 0 aliphatic heterocycles. The molecular weight excluding hydrogens is 210 g/mol. The van der Waals surface area contributed by atoms with Crippen molar-refractivity contribution >= 4 is 18.0 Å². The van der Waals surface area contributed by atoms with E-state index in [4.69, 9.17) is 10.8 Å². The first kappa shape index (κ1) is 11.8. The van der Waals surface area contributed by atoms with Gasteiger partial charge in [-0.1, -0.05) is 18.2 Å². The van der Waals surface area contributed by atoms with Crippen molar-refractivity contribution < 1.29 is 19.8 Å². The van der Waals surface area contributed by atoms with Crippen molar-refractivity contribution in [2.45, 2.75) is 6.42 Å². The maximum atomic E-state index is 10.6. The Morgan fingerprint density at radius 1 is 1.38 bits per heavy atom. The van der Waals surface area contributed by atoms with Crippen LogP contribution in [0.15, 0.2) is 24.3 Å². The number of rotatable bonds is 4. The minimum absolute atomic E-state index is 0.00421. The molecular formula is C11H11NO4. The molecule has 0 heterocycles. The molecule has 5 heteroatoms. The predicted octanol–water partition coefficient (Wildman–Crippen LogP) is 0.979. The molecule has 0 aromatic heterocycles. The van der Waals surface area contributed by atoms with Crippen LogP contribution in [0.25, 0.3) is 6.08 Å². The van der Waals surface area contributed by atoms with E-state index in [-0.39, 0.29) is 17.7 Å². The van der Waals surface area contributed by atoms with Crippen molar-refractivity contribution in [3.63, 3.8) is 0 Å². The van der Waals surface area contributed by atoms with E-state index in [1.807, 2.05) is 0 Å². The van der Waals surface area contributed by atoms with Crippen molar-refractivity contribution in [2.75, 3.05) is 0 Å². The van der Waals surface area contributed by atoms with Gasteiger partial charge in [0.2, 0.25) is 5.91 Å². The standard InChI is InChI=1S/C11H11NO4/c12-10(14)3-1-2-7-4-5-8(11(15)16)6-9(7)13/h1-2,4-6,13H,3H2,(H2,12,14)(H,15,16). The minimum atomic E-state index is -1.11. The number of phenols is 1. The zero-order valence-electron chi connectivity index (χ0n) is 8.38. The summed E-state index contributed by atoms with van der Waals surface area (Å²) in [6.45, 7) is 0. The van der Waals surface area contributed by atoms with Crippen LogP contribution < -0.4 is 5.73 Å². The van der Waals surface area contributed by atoms with Crippen LogP contribution in [0.2, 0.25) is 0 Å². The number of aromatic hydroxyl groups is 1. The van der Waals surface area contributed by atoms with Crippen LogP contribution in [0, 0.1) is 0 Å². The van der Waals surface area contributed by atoms with Crippen molar-refractivity contribution in [1.82, 2.24) is 0 Å². The van der Waals surface area contributed by atoms with Crippen molar-refractivity contribution in [3.8, 4) is 5.75 Å².